The van der Waals surface area contributed by atoms with E-state index in [4.69, 9.17) is 5.73 Å². The van der Waals surface area contributed by atoms with Crippen LogP contribution in [0.25, 0.3) is 0 Å². The van der Waals surface area contributed by atoms with E-state index >= 15 is 0 Å². The molecule has 9 heteroatoms. The smallest absolute Gasteiger partial charge is 0.248 e. The van der Waals surface area contributed by atoms with Crippen LogP contribution in [0, 0.1) is 0 Å². The van der Waals surface area contributed by atoms with Crippen LogP contribution in [0.1, 0.15) is 36.1 Å². The van der Waals surface area contributed by atoms with E-state index in [0.717, 1.165) is 5.82 Å². The molecule has 2 amide bonds. The highest BCUT2D eigenvalue weighted by molar-refractivity contribution is 7.99. The van der Waals surface area contributed by atoms with E-state index in [1.54, 1.807) is 28.9 Å². The molecule has 0 saturated heterocycles. The lowest BCUT2D eigenvalue weighted by atomic mass is 10.2. The van der Waals surface area contributed by atoms with E-state index in [0.29, 0.717) is 17.0 Å². The quantitative estimate of drug-likeness (QED) is 0.786. The van der Waals surface area contributed by atoms with Gasteiger partial charge in [-0.25, -0.2) is 4.68 Å². The molecule has 2 rings (SSSR count). The second-order valence-electron chi connectivity index (χ2n) is 5.12. The van der Waals surface area contributed by atoms with Crippen molar-refractivity contribution < 1.29 is 9.59 Å². The fourth-order valence-corrected chi connectivity index (χ4v) is 2.59. The maximum Gasteiger partial charge on any atom is 0.248 e. The number of hydrogen-bond acceptors (Lipinski definition) is 6. The number of nitrogens with one attached hydrogen (secondary N) is 1. The van der Waals surface area contributed by atoms with E-state index in [2.05, 4.69) is 20.8 Å². The van der Waals surface area contributed by atoms with Gasteiger partial charge >= 0.3 is 0 Å². The van der Waals surface area contributed by atoms with E-state index < -0.39 is 5.91 Å². The van der Waals surface area contributed by atoms with Crippen molar-refractivity contribution >= 4 is 29.3 Å². The van der Waals surface area contributed by atoms with Gasteiger partial charge in [-0.15, -0.1) is 16.9 Å². The summed E-state index contributed by atoms with van der Waals surface area (Å²) in [6.45, 7) is 3.99. The van der Waals surface area contributed by atoms with Gasteiger partial charge in [-0.2, -0.15) is 0 Å². The van der Waals surface area contributed by atoms with Crippen LogP contribution >= 0.6 is 11.8 Å². The van der Waals surface area contributed by atoms with Crippen LogP contribution < -0.4 is 11.1 Å². The lowest BCUT2D eigenvalue weighted by Gasteiger charge is -2.08. The van der Waals surface area contributed by atoms with Gasteiger partial charge in [0.2, 0.25) is 11.8 Å². The Hall–Kier alpha value is -2.42. The van der Waals surface area contributed by atoms with Crippen molar-refractivity contribution in [3.05, 3.63) is 35.7 Å². The summed E-state index contributed by atoms with van der Waals surface area (Å²) in [5, 5.41) is 14.3. The molecule has 0 aliphatic carbocycles. The third-order valence-electron chi connectivity index (χ3n) is 2.97. The van der Waals surface area contributed by atoms with Gasteiger partial charge in [0.25, 0.3) is 0 Å². The topological polar surface area (TPSA) is 116 Å². The number of carbonyl (C=O) groups excluding carboxylic acids is 2. The molecule has 0 aliphatic heterocycles. The Morgan fingerprint density at radius 3 is 2.61 bits per heavy atom. The number of carbonyl (C=O) groups is 2. The van der Waals surface area contributed by atoms with Gasteiger partial charge in [0.05, 0.1) is 17.5 Å². The Kier molecular flexibility index (Phi) is 5.69. The molecule has 0 radical (unpaired) electrons. The van der Waals surface area contributed by atoms with E-state index in [9.17, 15) is 9.59 Å². The first kappa shape index (κ1) is 16.9. The molecule has 0 spiro atoms. The number of thioether (sulfide) groups is 1. The summed E-state index contributed by atoms with van der Waals surface area (Å²) < 4.78 is 1.73. The number of nitrogens with zero attached hydrogens (tertiary/aromatic N) is 4. The first-order chi connectivity index (χ1) is 11.0. The number of benzene rings is 1. The Balaban J connectivity index is 1.81. The van der Waals surface area contributed by atoms with Crippen LogP contribution in [0.15, 0.2) is 24.3 Å². The number of tetrazole rings is 1. The standard InChI is InChI=1S/C14H18N6O2S/c1-9(2)20-12(17-18-19-20)7-23-8-13(21)16-11-5-3-10(4-6-11)14(15)22/h3-6,9H,7-8H2,1-2H3,(H2,15,22)(H,16,21). The highest BCUT2D eigenvalue weighted by Gasteiger charge is 2.10. The van der Waals surface area contributed by atoms with Crippen LogP contribution in [0.2, 0.25) is 0 Å². The molecule has 23 heavy (non-hydrogen) atoms. The lowest BCUT2D eigenvalue weighted by molar-refractivity contribution is -0.113. The van der Waals surface area contributed by atoms with Gasteiger partial charge in [0, 0.05) is 11.3 Å². The number of amides is 2. The summed E-state index contributed by atoms with van der Waals surface area (Å²) in [5.41, 5.74) is 6.18. The van der Waals surface area contributed by atoms with E-state index in [-0.39, 0.29) is 17.7 Å². The number of hydrogen-bond donors (Lipinski definition) is 2. The van der Waals surface area contributed by atoms with Crippen molar-refractivity contribution in [3.63, 3.8) is 0 Å². The summed E-state index contributed by atoms with van der Waals surface area (Å²) in [6, 6.07) is 6.60. The molecular formula is C14H18N6O2S. The molecule has 1 aromatic carbocycles. The summed E-state index contributed by atoms with van der Waals surface area (Å²) in [5.74, 6) is 0.942. The summed E-state index contributed by atoms with van der Waals surface area (Å²) in [7, 11) is 0. The zero-order valence-corrected chi connectivity index (χ0v) is 13.7. The van der Waals surface area contributed by atoms with Crippen LogP contribution in [0.4, 0.5) is 5.69 Å². The van der Waals surface area contributed by atoms with Crippen molar-refractivity contribution in [2.45, 2.75) is 25.6 Å². The molecule has 1 aromatic heterocycles. The molecule has 3 N–H and O–H groups in total. The third-order valence-corrected chi connectivity index (χ3v) is 3.90. The van der Waals surface area contributed by atoms with E-state index in [1.165, 1.54) is 11.8 Å². The van der Waals surface area contributed by atoms with E-state index in [1.807, 2.05) is 13.8 Å². The van der Waals surface area contributed by atoms with Gasteiger partial charge < -0.3 is 11.1 Å². The average Bonchev–Trinajstić information content (AvgIpc) is 2.96. The summed E-state index contributed by atoms with van der Waals surface area (Å²) in [6.07, 6.45) is 0. The monoisotopic (exact) mass is 334 g/mol. The number of rotatable bonds is 7. The number of aromatic nitrogens is 4. The van der Waals surface area contributed by atoms with Gasteiger partial charge in [-0.05, 0) is 48.5 Å². The first-order valence-corrected chi connectivity index (χ1v) is 8.17. The van der Waals surface area contributed by atoms with Crippen LogP contribution in [-0.4, -0.2) is 37.8 Å². The van der Waals surface area contributed by atoms with Gasteiger partial charge in [0.1, 0.15) is 0 Å². The largest absolute Gasteiger partial charge is 0.366 e. The van der Waals surface area contributed by atoms with Crippen LogP contribution in [0.5, 0.6) is 0 Å². The third kappa shape index (κ3) is 4.78. The number of anilines is 1. The zero-order valence-electron chi connectivity index (χ0n) is 12.9. The summed E-state index contributed by atoms with van der Waals surface area (Å²) >= 11 is 1.43. The highest BCUT2D eigenvalue weighted by atomic mass is 32.2. The van der Waals surface area contributed by atoms with Crippen molar-refractivity contribution in [3.8, 4) is 0 Å². The molecule has 0 aliphatic rings. The second-order valence-corrected chi connectivity index (χ2v) is 6.10. The van der Waals surface area contributed by atoms with Crippen molar-refractivity contribution in [2.75, 3.05) is 11.1 Å². The Bertz CT molecular complexity index is 683. The minimum atomic E-state index is -0.499. The van der Waals surface area contributed by atoms with Gasteiger partial charge in [-0.1, -0.05) is 0 Å². The predicted octanol–water partition coefficient (Wildman–Crippen LogP) is 1.22. The Morgan fingerprint density at radius 1 is 1.30 bits per heavy atom. The molecular weight excluding hydrogens is 316 g/mol. The average molecular weight is 334 g/mol. The molecule has 2 aromatic rings. The maximum absolute atomic E-state index is 11.9. The minimum Gasteiger partial charge on any atom is -0.366 e. The molecule has 0 atom stereocenters. The molecule has 0 bridgehead atoms. The molecule has 8 nitrogen and oxygen atoms in total. The number of nitrogens with two attached hydrogens (primary N) is 1. The minimum absolute atomic E-state index is 0.134. The van der Waals surface area contributed by atoms with Crippen LogP contribution in [0.3, 0.4) is 0 Å². The second kappa shape index (κ2) is 7.73. The Labute approximate surface area is 137 Å². The van der Waals surface area contributed by atoms with Crippen molar-refractivity contribution in [1.82, 2.24) is 20.2 Å². The molecule has 1 heterocycles. The fraction of sp³-hybridized carbons (Fsp3) is 0.357. The molecule has 0 saturated carbocycles. The van der Waals surface area contributed by atoms with Crippen LogP contribution in [-0.2, 0) is 10.5 Å². The normalized spacial score (nSPS) is 10.7. The Morgan fingerprint density at radius 2 is 2.00 bits per heavy atom. The molecule has 0 fully saturated rings. The van der Waals surface area contributed by atoms with Gasteiger partial charge in [0.15, 0.2) is 5.82 Å². The van der Waals surface area contributed by atoms with Crippen molar-refractivity contribution in [1.29, 1.82) is 0 Å². The van der Waals surface area contributed by atoms with Crippen molar-refractivity contribution in [2.24, 2.45) is 5.73 Å². The maximum atomic E-state index is 11.9. The van der Waals surface area contributed by atoms with Gasteiger partial charge in [-0.3, -0.25) is 9.59 Å². The summed E-state index contributed by atoms with van der Waals surface area (Å²) in [4.78, 5) is 22.9. The number of primary amides is 1. The fourth-order valence-electron chi connectivity index (χ4n) is 1.86. The predicted molar refractivity (Wildman–Crippen MR) is 88.0 cm³/mol. The highest BCUT2D eigenvalue weighted by Crippen LogP contribution is 2.14. The first-order valence-electron chi connectivity index (χ1n) is 7.01. The lowest BCUT2D eigenvalue weighted by Crippen LogP contribution is -2.15. The molecule has 0 unspecified atom stereocenters. The zero-order chi connectivity index (χ0) is 16.8. The molecule has 122 valence electrons. The SMILES string of the molecule is CC(C)n1nnnc1CSCC(=O)Nc1ccc(C(N)=O)cc1.